The van der Waals surface area contributed by atoms with E-state index in [2.05, 4.69) is 18.3 Å². The molecule has 0 radical (unpaired) electrons. The molecule has 2 saturated heterocycles. The van der Waals surface area contributed by atoms with E-state index in [1.54, 1.807) is 0 Å². The van der Waals surface area contributed by atoms with Gasteiger partial charge in [-0.15, -0.1) is 0 Å². The van der Waals surface area contributed by atoms with Crippen LogP contribution in [-0.2, 0) is 4.79 Å². The van der Waals surface area contributed by atoms with Gasteiger partial charge in [0.2, 0.25) is 5.91 Å². The van der Waals surface area contributed by atoms with E-state index in [4.69, 9.17) is 4.74 Å². The van der Waals surface area contributed by atoms with Gasteiger partial charge in [-0.2, -0.15) is 0 Å². The van der Waals surface area contributed by atoms with Gasteiger partial charge in [0.25, 0.3) is 0 Å². The molecular formula is C21H29N3O3. The molecule has 3 fully saturated rings. The van der Waals surface area contributed by atoms with E-state index in [9.17, 15) is 9.59 Å². The van der Waals surface area contributed by atoms with Gasteiger partial charge in [0.1, 0.15) is 11.9 Å². The molecule has 1 N–H and O–H groups in total. The molecule has 0 spiro atoms. The number of ether oxygens (including phenoxy) is 1. The number of benzene rings is 1. The molecular weight excluding hydrogens is 342 g/mol. The molecule has 6 nitrogen and oxygen atoms in total. The number of hydrogen-bond acceptors (Lipinski definition) is 3. The molecule has 1 aromatic carbocycles. The lowest BCUT2D eigenvalue weighted by Crippen LogP contribution is -2.47. The van der Waals surface area contributed by atoms with Crippen LogP contribution in [0.2, 0.25) is 0 Å². The first-order valence-corrected chi connectivity index (χ1v) is 10.1. The Balaban J connectivity index is 1.18. The zero-order valence-corrected chi connectivity index (χ0v) is 16.0. The Morgan fingerprint density at radius 3 is 2.70 bits per heavy atom. The van der Waals surface area contributed by atoms with Crippen LogP contribution in [-0.4, -0.2) is 60.1 Å². The summed E-state index contributed by atoms with van der Waals surface area (Å²) < 4.78 is 6.06. The van der Waals surface area contributed by atoms with E-state index in [1.165, 1.54) is 5.56 Å². The number of carbonyl (C=O) groups is 2. The largest absolute Gasteiger partial charge is 0.490 e. The highest BCUT2D eigenvalue weighted by Gasteiger charge is 2.39. The Hall–Kier alpha value is -2.24. The number of hydrogen-bond donors (Lipinski definition) is 1. The molecule has 3 aliphatic rings. The Bertz CT molecular complexity index is 696. The standard InChI is InChI=1S/C21H29N3O3/c1-15-3-2-4-19(11-15)27-18-7-9-23(10-8-18)21(26)22-13-16-12-20(25)24(14-16)17-5-6-17/h2-4,11,16-18H,5-10,12-14H2,1H3,(H,22,26). The fraction of sp³-hybridized carbons (Fsp3) is 0.619. The number of piperidine rings is 1. The second kappa shape index (κ2) is 7.79. The highest BCUT2D eigenvalue weighted by atomic mass is 16.5. The molecule has 0 aromatic heterocycles. The number of rotatable bonds is 5. The van der Waals surface area contributed by atoms with Crippen molar-refractivity contribution in [3.63, 3.8) is 0 Å². The molecule has 0 bridgehead atoms. The topological polar surface area (TPSA) is 61.9 Å². The molecule has 3 amide bonds. The molecule has 1 unspecified atom stereocenters. The average molecular weight is 371 g/mol. The predicted molar refractivity (Wildman–Crippen MR) is 103 cm³/mol. The number of carbonyl (C=O) groups excluding carboxylic acids is 2. The summed E-state index contributed by atoms with van der Waals surface area (Å²) in [6.07, 6.45) is 4.71. The van der Waals surface area contributed by atoms with Crippen LogP contribution in [0.3, 0.4) is 0 Å². The summed E-state index contributed by atoms with van der Waals surface area (Å²) >= 11 is 0. The highest BCUT2D eigenvalue weighted by Crippen LogP contribution is 2.32. The fourth-order valence-electron chi connectivity index (χ4n) is 4.09. The van der Waals surface area contributed by atoms with Crippen molar-refractivity contribution in [1.29, 1.82) is 0 Å². The molecule has 27 heavy (non-hydrogen) atoms. The molecule has 1 aromatic rings. The van der Waals surface area contributed by atoms with Crippen molar-refractivity contribution in [1.82, 2.24) is 15.1 Å². The summed E-state index contributed by atoms with van der Waals surface area (Å²) in [6.45, 7) is 4.87. The lowest BCUT2D eigenvalue weighted by Gasteiger charge is -2.32. The summed E-state index contributed by atoms with van der Waals surface area (Å²) in [5.74, 6) is 1.42. The first kappa shape index (κ1) is 18.1. The van der Waals surface area contributed by atoms with E-state index in [0.717, 1.165) is 38.0 Å². The van der Waals surface area contributed by atoms with Gasteiger partial charge in [-0.1, -0.05) is 12.1 Å². The number of likely N-dealkylation sites (tertiary alicyclic amines) is 2. The molecule has 4 rings (SSSR count). The van der Waals surface area contributed by atoms with Gasteiger partial charge in [-0.05, 0) is 37.5 Å². The van der Waals surface area contributed by atoms with Crippen molar-refractivity contribution in [2.45, 2.75) is 51.2 Å². The number of aryl methyl sites for hydroxylation is 1. The van der Waals surface area contributed by atoms with Crippen molar-refractivity contribution in [2.24, 2.45) is 5.92 Å². The quantitative estimate of drug-likeness (QED) is 0.865. The first-order chi connectivity index (χ1) is 13.1. The number of nitrogens with zero attached hydrogens (tertiary/aromatic N) is 2. The molecule has 1 aliphatic carbocycles. The highest BCUT2D eigenvalue weighted by molar-refractivity contribution is 5.79. The average Bonchev–Trinajstić information content (AvgIpc) is 3.43. The maximum Gasteiger partial charge on any atom is 0.317 e. The van der Waals surface area contributed by atoms with E-state index in [-0.39, 0.29) is 24.0 Å². The number of amides is 3. The summed E-state index contributed by atoms with van der Waals surface area (Å²) in [4.78, 5) is 28.3. The van der Waals surface area contributed by atoms with Gasteiger partial charge >= 0.3 is 6.03 Å². The Morgan fingerprint density at radius 1 is 1.22 bits per heavy atom. The van der Waals surface area contributed by atoms with Gasteiger partial charge in [0, 0.05) is 57.4 Å². The number of urea groups is 1. The zero-order chi connectivity index (χ0) is 18.8. The minimum absolute atomic E-state index is 0.0127. The maximum atomic E-state index is 12.4. The summed E-state index contributed by atoms with van der Waals surface area (Å²) in [7, 11) is 0. The lowest BCUT2D eigenvalue weighted by atomic mass is 10.1. The second-order valence-electron chi connectivity index (χ2n) is 8.15. The van der Waals surface area contributed by atoms with Crippen molar-refractivity contribution >= 4 is 11.9 Å². The van der Waals surface area contributed by atoms with E-state index in [0.29, 0.717) is 32.1 Å². The van der Waals surface area contributed by atoms with Crippen LogP contribution in [0.4, 0.5) is 4.79 Å². The van der Waals surface area contributed by atoms with Gasteiger partial charge in [0.15, 0.2) is 0 Å². The van der Waals surface area contributed by atoms with E-state index in [1.807, 2.05) is 28.0 Å². The van der Waals surface area contributed by atoms with Gasteiger partial charge in [-0.3, -0.25) is 4.79 Å². The SMILES string of the molecule is Cc1cccc(OC2CCN(C(=O)NCC3CC(=O)N(C4CC4)C3)CC2)c1. The van der Waals surface area contributed by atoms with Crippen LogP contribution in [0.1, 0.15) is 37.7 Å². The Labute approximate surface area is 160 Å². The van der Waals surface area contributed by atoms with Crippen molar-refractivity contribution < 1.29 is 14.3 Å². The fourth-order valence-corrected chi connectivity index (χ4v) is 4.09. The normalized spacial score (nSPS) is 23.6. The van der Waals surface area contributed by atoms with E-state index < -0.39 is 0 Å². The molecule has 2 aliphatic heterocycles. The summed E-state index contributed by atoms with van der Waals surface area (Å²) in [5, 5.41) is 3.03. The monoisotopic (exact) mass is 371 g/mol. The smallest absolute Gasteiger partial charge is 0.317 e. The molecule has 1 saturated carbocycles. The van der Waals surface area contributed by atoms with Crippen molar-refractivity contribution in [3.05, 3.63) is 29.8 Å². The zero-order valence-electron chi connectivity index (χ0n) is 16.0. The number of nitrogens with one attached hydrogen (secondary N) is 1. The van der Waals surface area contributed by atoms with Crippen LogP contribution in [0, 0.1) is 12.8 Å². The summed E-state index contributed by atoms with van der Waals surface area (Å²) in [6, 6.07) is 8.56. The van der Waals surface area contributed by atoms with Crippen LogP contribution in [0.25, 0.3) is 0 Å². The van der Waals surface area contributed by atoms with Crippen molar-refractivity contribution in [2.75, 3.05) is 26.2 Å². The second-order valence-corrected chi connectivity index (χ2v) is 8.15. The van der Waals surface area contributed by atoms with Crippen LogP contribution in [0.15, 0.2) is 24.3 Å². The third-order valence-electron chi connectivity index (χ3n) is 5.79. The summed E-state index contributed by atoms with van der Waals surface area (Å²) in [5.41, 5.74) is 1.19. The van der Waals surface area contributed by atoms with Crippen LogP contribution in [0.5, 0.6) is 5.75 Å². The van der Waals surface area contributed by atoms with Crippen LogP contribution < -0.4 is 10.1 Å². The predicted octanol–water partition coefficient (Wildman–Crippen LogP) is 2.56. The molecule has 1 atom stereocenters. The third-order valence-corrected chi connectivity index (χ3v) is 5.79. The lowest BCUT2D eigenvalue weighted by molar-refractivity contribution is -0.128. The molecule has 2 heterocycles. The van der Waals surface area contributed by atoms with Gasteiger partial charge in [-0.25, -0.2) is 4.79 Å². The van der Waals surface area contributed by atoms with Crippen LogP contribution >= 0.6 is 0 Å². The maximum absolute atomic E-state index is 12.4. The minimum Gasteiger partial charge on any atom is -0.490 e. The van der Waals surface area contributed by atoms with Gasteiger partial charge < -0.3 is 19.9 Å². The van der Waals surface area contributed by atoms with Gasteiger partial charge in [0.05, 0.1) is 0 Å². The van der Waals surface area contributed by atoms with Crippen molar-refractivity contribution in [3.8, 4) is 5.75 Å². The molecule has 146 valence electrons. The molecule has 6 heteroatoms. The third kappa shape index (κ3) is 4.54. The first-order valence-electron chi connectivity index (χ1n) is 10.1. The van der Waals surface area contributed by atoms with E-state index >= 15 is 0 Å². The Kier molecular flexibility index (Phi) is 5.23. The Morgan fingerprint density at radius 2 is 2.00 bits per heavy atom. The minimum atomic E-state index is -0.0127.